The van der Waals surface area contributed by atoms with Crippen molar-refractivity contribution in [3.05, 3.63) is 16.4 Å². The van der Waals surface area contributed by atoms with E-state index in [0.717, 1.165) is 28.3 Å². The molecule has 1 N–H and O–H groups in total. The predicted octanol–water partition coefficient (Wildman–Crippen LogP) is 2.89. The Bertz CT molecular complexity index is 351. The third kappa shape index (κ3) is 3.22. The quantitative estimate of drug-likeness (QED) is 0.848. The molecule has 1 aromatic rings. The van der Waals surface area contributed by atoms with E-state index in [1.165, 1.54) is 0 Å². The topological polar surface area (TPSA) is 29.9 Å². The van der Waals surface area contributed by atoms with Crippen molar-refractivity contribution in [3.63, 3.8) is 0 Å². The first-order valence-electron chi connectivity index (χ1n) is 5.44. The fourth-order valence-electron chi connectivity index (χ4n) is 1.46. The van der Waals surface area contributed by atoms with Gasteiger partial charge in [0.1, 0.15) is 0 Å². The zero-order chi connectivity index (χ0) is 12.3. The average molecular weight is 309 g/mol. The van der Waals surface area contributed by atoms with Gasteiger partial charge in [-0.15, -0.1) is 0 Å². The summed E-state index contributed by atoms with van der Waals surface area (Å²) in [6, 6.07) is 0.450. The molecular formula is C11H19BrClN3. The van der Waals surface area contributed by atoms with Crippen LogP contribution in [0.25, 0.3) is 0 Å². The molecule has 2 unspecified atom stereocenters. The fourth-order valence-corrected chi connectivity index (χ4v) is 2.25. The van der Waals surface area contributed by atoms with Crippen LogP contribution in [-0.2, 0) is 13.6 Å². The molecule has 0 fully saturated rings. The summed E-state index contributed by atoms with van der Waals surface area (Å²) in [5, 5.41) is 9.53. The van der Waals surface area contributed by atoms with Crippen LogP contribution in [0, 0.1) is 12.8 Å². The molecule has 0 aliphatic carbocycles. The molecule has 0 saturated heterocycles. The Morgan fingerprint density at radius 2 is 2.12 bits per heavy atom. The second-order valence-corrected chi connectivity index (χ2v) is 5.30. The lowest BCUT2D eigenvalue weighted by Gasteiger charge is -2.19. The summed E-state index contributed by atoms with van der Waals surface area (Å²) in [6.45, 7) is 7.08. The van der Waals surface area contributed by atoms with Gasteiger partial charge in [-0.25, -0.2) is 0 Å². The molecule has 0 aliphatic rings. The van der Waals surface area contributed by atoms with Gasteiger partial charge in [0.25, 0.3) is 0 Å². The van der Waals surface area contributed by atoms with Gasteiger partial charge in [0.15, 0.2) is 0 Å². The smallest absolute Gasteiger partial charge is 0.0860 e. The van der Waals surface area contributed by atoms with Crippen molar-refractivity contribution in [2.75, 3.05) is 5.33 Å². The van der Waals surface area contributed by atoms with E-state index in [-0.39, 0.29) is 0 Å². The van der Waals surface area contributed by atoms with Gasteiger partial charge in [-0.3, -0.25) is 4.68 Å². The van der Waals surface area contributed by atoms with Gasteiger partial charge in [-0.2, -0.15) is 5.10 Å². The second-order valence-electron chi connectivity index (χ2n) is 4.27. The minimum atomic E-state index is 0.450. The van der Waals surface area contributed by atoms with Crippen LogP contribution < -0.4 is 5.32 Å². The van der Waals surface area contributed by atoms with Crippen molar-refractivity contribution in [2.24, 2.45) is 13.0 Å². The molecule has 5 heteroatoms. The maximum atomic E-state index is 6.18. The van der Waals surface area contributed by atoms with E-state index in [2.05, 4.69) is 40.2 Å². The van der Waals surface area contributed by atoms with Crippen LogP contribution in [0.4, 0.5) is 0 Å². The minimum absolute atomic E-state index is 0.450. The fraction of sp³-hybridized carbons (Fsp3) is 0.727. The highest BCUT2D eigenvalue weighted by atomic mass is 79.9. The Hall–Kier alpha value is -0.0600. The van der Waals surface area contributed by atoms with E-state index < -0.39 is 0 Å². The van der Waals surface area contributed by atoms with Gasteiger partial charge < -0.3 is 5.32 Å². The van der Waals surface area contributed by atoms with Gasteiger partial charge in [0.05, 0.1) is 16.4 Å². The van der Waals surface area contributed by atoms with E-state index in [0.29, 0.717) is 12.0 Å². The van der Waals surface area contributed by atoms with E-state index in [9.17, 15) is 0 Å². The molecule has 0 radical (unpaired) electrons. The maximum Gasteiger partial charge on any atom is 0.0860 e. The van der Waals surface area contributed by atoms with Gasteiger partial charge in [0.2, 0.25) is 0 Å². The molecule has 3 nitrogen and oxygen atoms in total. The number of nitrogens with one attached hydrogen (secondary N) is 1. The summed E-state index contributed by atoms with van der Waals surface area (Å²) in [5.74, 6) is 0.591. The SMILES string of the molecule is Cc1nn(C)c(CNC(C)C(C)CBr)c1Cl. The van der Waals surface area contributed by atoms with Crippen LogP contribution >= 0.6 is 27.5 Å². The molecule has 0 bridgehead atoms. The number of aryl methyl sites for hydroxylation is 2. The molecule has 0 saturated carbocycles. The highest BCUT2D eigenvalue weighted by molar-refractivity contribution is 9.09. The number of hydrogen-bond acceptors (Lipinski definition) is 2. The molecule has 0 spiro atoms. The van der Waals surface area contributed by atoms with Crippen molar-refractivity contribution >= 4 is 27.5 Å². The van der Waals surface area contributed by atoms with Crippen LogP contribution in [0.2, 0.25) is 5.02 Å². The number of halogens is 2. The number of aromatic nitrogens is 2. The summed E-state index contributed by atoms with van der Waals surface area (Å²) in [5.41, 5.74) is 1.94. The Morgan fingerprint density at radius 3 is 2.56 bits per heavy atom. The van der Waals surface area contributed by atoms with Crippen molar-refractivity contribution in [1.82, 2.24) is 15.1 Å². The van der Waals surface area contributed by atoms with Gasteiger partial charge in [0, 0.05) is 25.0 Å². The Kier molecular flexibility index (Phi) is 5.28. The van der Waals surface area contributed by atoms with Crippen LogP contribution in [0.3, 0.4) is 0 Å². The molecule has 92 valence electrons. The Labute approximate surface area is 111 Å². The first kappa shape index (κ1) is 14.0. The predicted molar refractivity (Wildman–Crippen MR) is 72.2 cm³/mol. The molecule has 0 aromatic carbocycles. The number of rotatable bonds is 5. The third-order valence-corrected chi connectivity index (χ3v) is 4.46. The first-order valence-corrected chi connectivity index (χ1v) is 6.94. The van der Waals surface area contributed by atoms with E-state index in [1.54, 1.807) is 0 Å². The first-order chi connectivity index (χ1) is 7.47. The maximum absolute atomic E-state index is 6.18. The highest BCUT2D eigenvalue weighted by Crippen LogP contribution is 2.19. The molecule has 16 heavy (non-hydrogen) atoms. The lowest BCUT2D eigenvalue weighted by Crippen LogP contribution is -2.33. The van der Waals surface area contributed by atoms with E-state index in [4.69, 9.17) is 11.6 Å². The minimum Gasteiger partial charge on any atom is -0.308 e. The lowest BCUT2D eigenvalue weighted by molar-refractivity contribution is 0.426. The van der Waals surface area contributed by atoms with E-state index in [1.807, 2.05) is 18.7 Å². The summed E-state index contributed by atoms with van der Waals surface area (Å²) < 4.78 is 1.84. The molecule has 1 rings (SSSR count). The van der Waals surface area contributed by atoms with Crippen LogP contribution in [-0.4, -0.2) is 21.2 Å². The normalized spacial score (nSPS) is 15.1. The molecule has 2 atom stereocenters. The third-order valence-electron chi connectivity index (χ3n) is 2.95. The zero-order valence-corrected chi connectivity index (χ0v) is 12.6. The molecule has 0 aliphatic heterocycles. The number of alkyl halides is 1. The average Bonchev–Trinajstić information content (AvgIpc) is 2.49. The standard InChI is InChI=1S/C11H19BrClN3/c1-7(5-12)8(2)14-6-10-11(13)9(3)15-16(10)4/h7-8,14H,5-6H2,1-4H3. The van der Waals surface area contributed by atoms with Crippen LogP contribution in [0.5, 0.6) is 0 Å². The Balaban J connectivity index is 2.61. The number of hydrogen-bond donors (Lipinski definition) is 1. The Morgan fingerprint density at radius 1 is 1.50 bits per heavy atom. The monoisotopic (exact) mass is 307 g/mol. The summed E-state index contributed by atoms with van der Waals surface area (Å²) in [6.07, 6.45) is 0. The summed E-state index contributed by atoms with van der Waals surface area (Å²) in [7, 11) is 1.93. The van der Waals surface area contributed by atoms with Crippen LogP contribution in [0.15, 0.2) is 0 Å². The summed E-state index contributed by atoms with van der Waals surface area (Å²) in [4.78, 5) is 0. The molecule has 1 heterocycles. The van der Waals surface area contributed by atoms with Crippen molar-refractivity contribution < 1.29 is 0 Å². The van der Waals surface area contributed by atoms with Gasteiger partial charge in [-0.1, -0.05) is 34.5 Å². The summed E-state index contributed by atoms with van der Waals surface area (Å²) >= 11 is 9.67. The van der Waals surface area contributed by atoms with Crippen molar-refractivity contribution in [3.8, 4) is 0 Å². The van der Waals surface area contributed by atoms with E-state index >= 15 is 0 Å². The second kappa shape index (κ2) is 6.03. The largest absolute Gasteiger partial charge is 0.308 e. The van der Waals surface area contributed by atoms with Gasteiger partial charge >= 0.3 is 0 Å². The highest BCUT2D eigenvalue weighted by Gasteiger charge is 2.14. The van der Waals surface area contributed by atoms with Gasteiger partial charge in [-0.05, 0) is 19.8 Å². The van der Waals surface area contributed by atoms with Crippen LogP contribution in [0.1, 0.15) is 25.2 Å². The molecule has 1 aromatic heterocycles. The van der Waals surface area contributed by atoms with Crippen molar-refractivity contribution in [2.45, 2.75) is 33.4 Å². The lowest BCUT2D eigenvalue weighted by atomic mass is 10.1. The molecular weight excluding hydrogens is 289 g/mol. The molecule has 0 amide bonds. The number of nitrogens with zero attached hydrogens (tertiary/aromatic N) is 2. The van der Waals surface area contributed by atoms with Crippen molar-refractivity contribution in [1.29, 1.82) is 0 Å². The zero-order valence-electron chi connectivity index (χ0n) is 10.2.